The highest BCUT2D eigenvalue weighted by atomic mass is 16.5. The average molecular weight is 244 g/mol. The second-order valence-electron chi connectivity index (χ2n) is 4.06. The fraction of sp³-hybridized carbons (Fsp3) is 0.308. The highest BCUT2D eigenvalue weighted by Crippen LogP contribution is 2.25. The zero-order valence-corrected chi connectivity index (χ0v) is 10.7. The van der Waals surface area contributed by atoms with E-state index in [0.717, 1.165) is 17.0 Å². The summed E-state index contributed by atoms with van der Waals surface area (Å²) in [5, 5.41) is 0. The molecule has 2 aromatic heterocycles. The largest absolute Gasteiger partial charge is 0.480 e. The molecular weight excluding hydrogens is 228 g/mol. The van der Waals surface area contributed by atoms with E-state index in [1.165, 1.54) is 0 Å². The number of rotatable bonds is 3. The summed E-state index contributed by atoms with van der Waals surface area (Å²) in [7, 11) is 1.56. The predicted molar refractivity (Wildman–Crippen MR) is 68.3 cm³/mol. The summed E-state index contributed by atoms with van der Waals surface area (Å²) >= 11 is 0. The van der Waals surface area contributed by atoms with Crippen LogP contribution in [0.1, 0.15) is 28.7 Å². The van der Waals surface area contributed by atoms with Gasteiger partial charge in [-0.15, -0.1) is 0 Å². The number of hydrogen-bond donors (Lipinski definition) is 1. The fourth-order valence-electron chi connectivity index (χ4n) is 1.88. The van der Waals surface area contributed by atoms with Crippen LogP contribution in [0, 0.1) is 13.8 Å². The molecule has 0 aromatic carbocycles. The minimum absolute atomic E-state index is 0.387. The number of ether oxygens (including phenoxy) is 1. The van der Waals surface area contributed by atoms with E-state index in [-0.39, 0.29) is 6.04 Å². The van der Waals surface area contributed by atoms with Gasteiger partial charge in [0.15, 0.2) is 0 Å². The summed E-state index contributed by atoms with van der Waals surface area (Å²) in [6.45, 7) is 3.89. The molecule has 0 aliphatic heterocycles. The van der Waals surface area contributed by atoms with Gasteiger partial charge in [0.1, 0.15) is 5.69 Å². The lowest BCUT2D eigenvalue weighted by Gasteiger charge is -2.15. The molecule has 0 radical (unpaired) electrons. The molecule has 2 rings (SSSR count). The molecule has 2 N–H and O–H groups in total. The van der Waals surface area contributed by atoms with Crippen molar-refractivity contribution in [3.63, 3.8) is 0 Å². The lowest BCUT2D eigenvalue weighted by Crippen LogP contribution is -2.17. The Balaban J connectivity index is 2.44. The Morgan fingerprint density at radius 3 is 2.56 bits per heavy atom. The zero-order chi connectivity index (χ0) is 13.1. The smallest absolute Gasteiger partial charge is 0.237 e. The van der Waals surface area contributed by atoms with Gasteiger partial charge in [-0.1, -0.05) is 6.07 Å². The van der Waals surface area contributed by atoms with Crippen molar-refractivity contribution in [2.45, 2.75) is 19.9 Å². The lowest BCUT2D eigenvalue weighted by atomic mass is 10.0. The highest BCUT2D eigenvalue weighted by molar-refractivity contribution is 5.34. The van der Waals surface area contributed by atoms with Crippen LogP contribution in [-0.2, 0) is 0 Å². The van der Waals surface area contributed by atoms with Gasteiger partial charge in [-0.2, -0.15) is 0 Å². The van der Waals surface area contributed by atoms with E-state index in [1.54, 1.807) is 19.5 Å². The first-order valence-electron chi connectivity index (χ1n) is 5.68. The van der Waals surface area contributed by atoms with Crippen LogP contribution >= 0.6 is 0 Å². The third kappa shape index (κ3) is 2.31. The number of aromatic nitrogens is 3. The van der Waals surface area contributed by atoms with Gasteiger partial charge in [0.05, 0.1) is 13.2 Å². The molecule has 0 fully saturated rings. The second-order valence-corrected chi connectivity index (χ2v) is 4.06. The zero-order valence-electron chi connectivity index (χ0n) is 10.7. The number of aryl methyl sites for hydroxylation is 2. The number of hydrogen-bond acceptors (Lipinski definition) is 5. The van der Waals surface area contributed by atoms with Crippen LogP contribution in [0.2, 0.25) is 0 Å². The van der Waals surface area contributed by atoms with E-state index in [4.69, 9.17) is 10.5 Å². The molecule has 18 heavy (non-hydrogen) atoms. The summed E-state index contributed by atoms with van der Waals surface area (Å²) in [5.41, 5.74) is 9.64. The van der Waals surface area contributed by atoms with Gasteiger partial charge in [0, 0.05) is 23.8 Å². The maximum atomic E-state index is 6.22. The van der Waals surface area contributed by atoms with Crippen molar-refractivity contribution in [1.82, 2.24) is 15.0 Å². The first-order chi connectivity index (χ1) is 8.63. The van der Waals surface area contributed by atoms with Crippen LogP contribution < -0.4 is 10.5 Å². The molecule has 0 amide bonds. The minimum atomic E-state index is -0.387. The maximum absolute atomic E-state index is 6.22. The molecular formula is C13H16N4O. The monoisotopic (exact) mass is 244 g/mol. The van der Waals surface area contributed by atoms with Crippen molar-refractivity contribution in [3.05, 3.63) is 47.2 Å². The van der Waals surface area contributed by atoms with Gasteiger partial charge in [-0.25, -0.2) is 4.98 Å². The van der Waals surface area contributed by atoms with Crippen LogP contribution in [0.25, 0.3) is 0 Å². The molecule has 2 heterocycles. The van der Waals surface area contributed by atoms with E-state index in [9.17, 15) is 0 Å². The van der Waals surface area contributed by atoms with Gasteiger partial charge in [0.25, 0.3) is 0 Å². The summed E-state index contributed by atoms with van der Waals surface area (Å²) in [6.07, 6.45) is 3.18. The van der Waals surface area contributed by atoms with Gasteiger partial charge in [-0.3, -0.25) is 9.97 Å². The Morgan fingerprint density at radius 2 is 1.89 bits per heavy atom. The van der Waals surface area contributed by atoms with E-state index in [1.807, 2.05) is 26.0 Å². The van der Waals surface area contributed by atoms with Crippen molar-refractivity contribution < 1.29 is 4.74 Å². The van der Waals surface area contributed by atoms with Gasteiger partial charge in [0.2, 0.25) is 5.88 Å². The number of nitrogens with two attached hydrogens (primary N) is 1. The number of methoxy groups -OCH3 is 1. The molecule has 94 valence electrons. The molecule has 0 saturated carbocycles. The molecule has 1 atom stereocenters. The summed E-state index contributed by atoms with van der Waals surface area (Å²) in [6, 6.07) is 3.52. The normalized spacial score (nSPS) is 12.2. The van der Waals surface area contributed by atoms with Crippen LogP contribution in [0.4, 0.5) is 0 Å². The van der Waals surface area contributed by atoms with Crippen molar-refractivity contribution in [2.75, 3.05) is 7.11 Å². The van der Waals surface area contributed by atoms with E-state index in [0.29, 0.717) is 11.6 Å². The molecule has 0 spiro atoms. The molecule has 0 bridgehead atoms. The molecule has 0 aliphatic rings. The topological polar surface area (TPSA) is 73.9 Å². The third-order valence-corrected chi connectivity index (χ3v) is 2.78. The van der Waals surface area contributed by atoms with Crippen LogP contribution in [0.3, 0.4) is 0 Å². The van der Waals surface area contributed by atoms with Crippen molar-refractivity contribution in [3.8, 4) is 5.88 Å². The fourth-order valence-corrected chi connectivity index (χ4v) is 1.88. The molecule has 5 heteroatoms. The number of nitrogens with zero attached hydrogens (tertiary/aromatic N) is 3. The standard InChI is InChI=1S/C13H16N4O/c1-8-4-5-10(9(2)17-8)11(14)12-13(18-3)16-7-6-15-12/h4-7,11H,14H2,1-3H3. The molecule has 5 nitrogen and oxygen atoms in total. The van der Waals surface area contributed by atoms with E-state index in [2.05, 4.69) is 15.0 Å². The first-order valence-corrected chi connectivity index (χ1v) is 5.68. The SMILES string of the molecule is COc1nccnc1C(N)c1ccc(C)nc1C. The maximum Gasteiger partial charge on any atom is 0.237 e. The molecule has 1 unspecified atom stereocenters. The lowest BCUT2D eigenvalue weighted by molar-refractivity contribution is 0.387. The van der Waals surface area contributed by atoms with E-state index < -0.39 is 0 Å². The Hall–Kier alpha value is -2.01. The molecule has 2 aromatic rings. The van der Waals surface area contributed by atoms with Gasteiger partial charge < -0.3 is 10.5 Å². The van der Waals surface area contributed by atoms with Crippen molar-refractivity contribution in [2.24, 2.45) is 5.73 Å². The summed E-state index contributed by atoms with van der Waals surface area (Å²) in [5.74, 6) is 0.449. The second kappa shape index (κ2) is 5.10. The van der Waals surface area contributed by atoms with Gasteiger partial charge >= 0.3 is 0 Å². The Labute approximate surface area is 106 Å². The van der Waals surface area contributed by atoms with Crippen molar-refractivity contribution in [1.29, 1.82) is 0 Å². The summed E-state index contributed by atoms with van der Waals surface area (Å²) < 4.78 is 5.18. The molecule has 0 saturated heterocycles. The Kier molecular flexibility index (Phi) is 3.53. The highest BCUT2D eigenvalue weighted by Gasteiger charge is 2.18. The van der Waals surface area contributed by atoms with Crippen LogP contribution in [-0.4, -0.2) is 22.1 Å². The first kappa shape index (κ1) is 12.4. The quantitative estimate of drug-likeness (QED) is 0.886. The predicted octanol–water partition coefficient (Wildman–Crippen LogP) is 1.55. The van der Waals surface area contributed by atoms with Crippen LogP contribution in [0.15, 0.2) is 24.5 Å². The van der Waals surface area contributed by atoms with Gasteiger partial charge in [-0.05, 0) is 25.5 Å². The third-order valence-electron chi connectivity index (χ3n) is 2.78. The Bertz CT molecular complexity index is 556. The summed E-state index contributed by atoms with van der Waals surface area (Å²) in [4.78, 5) is 12.8. The van der Waals surface area contributed by atoms with Crippen molar-refractivity contribution >= 4 is 0 Å². The molecule has 0 aliphatic carbocycles. The van der Waals surface area contributed by atoms with Crippen LogP contribution in [0.5, 0.6) is 5.88 Å². The Morgan fingerprint density at radius 1 is 1.17 bits per heavy atom. The minimum Gasteiger partial charge on any atom is -0.480 e. The average Bonchev–Trinajstić information content (AvgIpc) is 2.38. The van der Waals surface area contributed by atoms with E-state index >= 15 is 0 Å². The number of pyridine rings is 1.